The van der Waals surface area contributed by atoms with E-state index in [1.807, 2.05) is 27.7 Å². The van der Waals surface area contributed by atoms with Crippen LogP contribution < -0.4 is 0 Å². The molecule has 10 fully saturated rings. The van der Waals surface area contributed by atoms with Gasteiger partial charge in [-0.15, -0.1) is 0 Å². The molecule has 8 aliphatic heterocycles. The van der Waals surface area contributed by atoms with E-state index in [-0.39, 0.29) is 51.5 Å². The van der Waals surface area contributed by atoms with Gasteiger partial charge in [0.15, 0.2) is 12.2 Å². The number of carbonyl (C=O) groups is 2. The molecule has 8 bridgehead atoms. The van der Waals surface area contributed by atoms with Crippen LogP contribution in [0.25, 0.3) is 0 Å². The number of ether oxygens (including phenoxy) is 7. The van der Waals surface area contributed by atoms with Gasteiger partial charge in [-0.1, -0.05) is 42.5 Å². The van der Waals surface area contributed by atoms with E-state index < -0.39 is 12.3 Å². The number of hydrogen-bond donors (Lipinski definition) is 0. The first kappa shape index (κ1) is 28.0. The van der Waals surface area contributed by atoms with Crippen LogP contribution in [0.15, 0.2) is 0 Å². The summed E-state index contributed by atoms with van der Waals surface area (Å²) in [4.78, 5) is 22.3. The Kier molecular flexibility index (Phi) is 7.44. The second kappa shape index (κ2) is 10.1. The van der Waals surface area contributed by atoms with Crippen LogP contribution in [0.4, 0.5) is 9.59 Å². The third kappa shape index (κ3) is 3.53. The van der Waals surface area contributed by atoms with Crippen LogP contribution in [0.3, 0.4) is 0 Å². The molecule has 16 unspecified atom stereocenters. The highest BCUT2D eigenvalue weighted by Crippen LogP contribution is 2.65. The lowest BCUT2D eigenvalue weighted by molar-refractivity contribution is -0.0317. The topological polar surface area (TPSA) is 98.8 Å². The third-order valence-electron chi connectivity index (χ3n) is 10.5. The van der Waals surface area contributed by atoms with E-state index in [1.54, 1.807) is 0 Å². The molecule has 0 aromatic heterocycles. The lowest BCUT2D eigenvalue weighted by Gasteiger charge is -2.35. The highest BCUT2D eigenvalue weighted by atomic mass is 16.8. The lowest BCUT2D eigenvalue weighted by atomic mass is 9.69. The summed E-state index contributed by atoms with van der Waals surface area (Å²) in [7, 11) is 0. The summed E-state index contributed by atoms with van der Waals surface area (Å²) in [5.41, 5.74) is 0. The molecule has 2 saturated carbocycles. The van der Waals surface area contributed by atoms with Crippen molar-refractivity contribution in [3.8, 4) is 0 Å². The number of rotatable bonds is 0. The molecule has 2 aliphatic carbocycles. The fraction of sp³-hybridized carbons (Fsp3) is 0.931. The first-order valence-electron chi connectivity index (χ1n) is 14.4. The van der Waals surface area contributed by atoms with Crippen LogP contribution in [0, 0.1) is 35.5 Å². The van der Waals surface area contributed by atoms with Gasteiger partial charge < -0.3 is 33.2 Å². The summed E-state index contributed by atoms with van der Waals surface area (Å²) in [5.74, 6) is 3.20. The summed E-state index contributed by atoms with van der Waals surface area (Å²) in [6.45, 7) is 8.00. The number of fused-ring (bicyclic) bond motifs is 24. The molecule has 216 valence electrons. The van der Waals surface area contributed by atoms with E-state index in [4.69, 9.17) is 33.2 Å². The molecular weight excluding hydrogens is 492 g/mol. The van der Waals surface area contributed by atoms with E-state index in [9.17, 15) is 9.59 Å². The molecule has 8 saturated heterocycles. The smallest absolute Gasteiger partial charge is 0.427 e. The Morgan fingerprint density at radius 2 is 0.816 bits per heavy atom. The van der Waals surface area contributed by atoms with Gasteiger partial charge in [0.05, 0.1) is 24.4 Å². The van der Waals surface area contributed by atoms with Crippen molar-refractivity contribution in [1.82, 2.24) is 0 Å². The van der Waals surface area contributed by atoms with Gasteiger partial charge in [0, 0.05) is 23.7 Å². The Bertz CT molecular complexity index is 774. The largest absolute Gasteiger partial charge is 0.509 e. The van der Waals surface area contributed by atoms with Gasteiger partial charge in [-0.25, -0.2) is 9.59 Å². The summed E-state index contributed by atoms with van der Waals surface area (Å²) in [6, 6.07) is 0. The molecule has 0 radical (unpaired) electrons. The van der Waals surface area contributed by atoms with Crippen molar-refractivity contribution >= 4 is 12.3 Å². The van der Waals surface area contributed by atoms with Gasteiger partial charge in [0.1, 0.15) is 24.4 Å². The van der Waals surface area contributed by atoms with E-state index in [2.05, 4.69) is 0 Å². The zero-order valence-corrected chi connectivity index (χ0v) is 21.4. The average molecular weight is 539 g/mol. The summed E-state index contributed by atoms with van der Waals surface area (Å²) >= 11 is 0. The Morgan fingerprint density at radius 1 is 0.474 bits per heavy atom. The van der Waals surface area contributed by atoms with Crippen LogP contribution in [-0.2, 0) is 33.2 Å². The van der Waals surface area contributed by atoms with Crippen molar-refractivity contribution in [2.24, 2.45) is 35.5 Å². The molecular formula is C29H46O9. The second-order valence-corrected chi connectivity index (χ2v) is 11.3. The minimum Gasteiger partial charge on any atom is -0.427 e. The Morgan fingerprint density at radius 3 is 1.21 bits per heavy atom. The monoisotopic (exact) mass is 538 g/mol. The predicted molar refractivity (Wildman–Crippen MR) is 136 cm³/mol. The average Bonchev–Trinajstić information content (AvgIpc) is 3.73. The minimum atomic E-state index is -0.526. The van der Waals surface area contributed by atoms with E-state index in [0.29, 0.717) is 59.9 Å². The first-order chi connectivity index (χ1) is 17.7. The highest BCUT2D eigenvalue weighted by Gasteiger charge is 2.73. The van der Waals surface area contributed by atoms with Crippen LogP contribution in [0.5, 0.6) is 0 Å². The van der Waals surface area contributed by atoms with Crippen LogP contribution >= 0.6 is 0 Å². The third-order valence-corrected chi connectivity index (χ3v) is 10.5. The van der Waals surface area contributed by atoms with Crippen LogP contribution in [-0.4, -0.2) is 73.4 Å². The zero-order valence-electron chi connectivity index (χ0n) is 21.4. The molecule has 9 heteroatoms. The van der Waals surface area contributed by atoms with Gasteiger partial charge in [-0.3, -0.25) is 0 Å². The molecule has 10 aliphatic rings. The fourth-order valence-electron chi connectivity index (χ4n) is 9.71. The second-order valence-electron chi connectivity index (χ2n) is 11.3. The number of hydrogen-bond acceptors (Lipinski definition) is 9. The van der Waals surface area contributed by atoms with Gasteiger partial charge in [-0.05, 0) is 43.9 Å². The minimum absolute atomic E-state index is 0. The zero-order chi connectivity index (χ0) is 24.9. The van der Waals surface area contributed by atoms with Crippen molar-refractivity contribution in [2.75, 3.05) is 0 Å². The Balaban J connectivity index is 0.000000131. The lowest BCUT2D eigenvalue weighted by Crippen LogP contribution is -2.48. The van der Waals surface area contributed by atoms with Gasteiger partial charge in [-0.2, -0.15) is 0 Å². The molecule has 9 nitrogen and oxygen atoms in total. The van der Waals surface area contributed by atoms with Crippen molar-refractivity contribution in [2.45, 2.75) is 136 Å². The maximum absolute atomic E-state index is 11.2. The van der Waals surface area contributed by atoms with Crippen LogP contribution in [0.1, 0.15) is 74.7 Å². The first-order valence-corrected chi connectivity index (χ1v) is 14.4. The number of carbonyl (C=O) groups excluding carboxylic acids is 2. The summed E-state index contributed by atoms with van der Waals surface area (Å²) in [5, 5.41) is 0. The summed E-state index contributed by atoms with van der Waals surface area (Å²) < 4.78 is 38.9. The molecule has 10 rings (SSSR count). The predicted octanol–water partition coefficient (Wildman–Crippen LogP) is 5.12. The molecule has 0 aromatic rings. The molecule has 0 spiro atoms. The maximum Gasteiger partial charge on any atom is 0.509 e. The van der Waals surface area contributed by atoms with E-state index >= 15 is 0 Å². The SMILES string of the molecule is C.C.CC.CC.O=C1OC2C(O1)C1OC2C2C3CCC(O3)C12.O=C1OC2C3CC(C2O1)C1C2CCC(O2)C31. The highest BCUT2D eigenvalue weighted by molar-refractivity contribution is 5.63. The van der Waals surface area contributed by atoms with Crippen molar-refractivity contribution in [3.63, 3.8) is 0 Å². The molecule has 0 aromatic carbocycles. The summed E-state index contributed by atoms with van der Waals surface area (Å²) in [6.07, 6.45) is 6.20. The normalized spacial score (nSPS) is 54.5. The van der Waals surface area contributed by atoms with E-state index in [0.717, 1.165) is 12.8 Å². The van der Waals surface area contributed by atoms with Gasteiger partial charge >= 0.3 is 12.3 Å². The standard InChI is InChI=1S/C12H14O4.C11H12O5.2C2H6.2CH4/c13-12-15-10-4-3-5(11(10)16-12)9-7-2-1-6(14-7)8(4)9;12-11-15-9-7-5-3-1-2-4(13-3)6(5)8(14-7)10(9)16-11;2*1-2;;/h4-11H,1-3H2;3-10H,1-2H2;2*1-2H3;2*1H4. The molecule has 0 N–H and O–H groups in total. The Labute approximate surface area is 226 Å². The molecule has 16 atom stereocenters. The maximum atomic E-state index is 11.2. The fourth-order valence-corrected chi connectivity index (χ4v) is 9.71. The molecule has 8 heterocycles. The quantitative estimate of drug-likeness (QED) is 0.389. The van der Waals surface area contributed by atoms with Gasteiger partial charge in [0.2, 0.25) is 0 Å². The van der Waals surface area contributed by atoms with Crippen molar-refractivity contribution in [1.29, 1.82) is 0 Å². The van der Waals surface area contributed by atoms with Crippen molar-refractivity contribution in [3.05, 3.63) is 0 Å². The van der Waals surface area contributed by atoms with Gasteiger partial charge in [0.25, 0.3) is 0 Å². The van der Waals surface area contributed by atoms with E-state index in [1.165, 1.54) is 19.3 Å². The molecule has 38 heavy (non-hydrogen) atoms. The van der Waals surface area contributed by atoms with Crippen LogP contribution in [0.2, 0.25) is 0 Å². The Hall–Kier alpha value is -1.58. The molecule has 0 amide bonds. The van der Waals surface area contributed by atoms with Crippen molar-refractivity contribution < 1.29 is 42.7 Å².